The Morgan fingerprint density at radius 2 is 1.45 bits per heavy atom. The summed E-state index contributed by atoms with van der Waals surface area (Å²) in [6.45, 7) is 3.21. The molecule has 2 aromatic carbocycles. The van der Waals surface area contributed by atoms with Gasteiger partial charge in [0.15, 0.2) is 0 Å². The Morgan fingerprint density at radius 3 is 2.00 bits per heavy atom. The molecule has 0 saturated heterocycles. The van der Waals surface area contributed by atoms with Crippen molar-refractivity contribution in [1.29, 1.82) is 0 Å². The van der Waals surface area contributed by atoms with Gasteiger partial charge in [-0.1, -0.05) is 42.5 Å². The summed E-state index contributed by atoms with van der Waals surface area (Å²) in [5.41, 5.74) is 1.55. The van der Waals surface area contributed by atoms with E-state index in [1.165, 1.54) is 7.11 Å². The summed E-state index contributed by atoms with van der Waals surface area (Å²) in [6, 6.07) is 17.2. The van der Waals surface area contributed by atoms with Crippen molar-refractivity contribution in [3.05, 3.63) is 60.2 Å². The van der Waals surface area contributed by atoms with Gasteiger partial charge < -0.3 is 10.1 Å². The van der Waals surface area contributed by atoms with Crippen molar-refractivity contribution in [2.24, 2.45) is 0 Å². The quantitative estimate of drug-likeness (QED) is 0.883. The van der Waals surface area contributed by atoms with Crippen LogP contribution in [0, 0.1) is 0 Å². The number of carbonyl (C=O) groups excluding carboxylic acids is 2. The molecule has 0 saturated carbocycles. The third kappa shape index (κ3) is 3.52. The van der Waals surface area contributed by atoms with E-state index in [0.717, 1.165) is 11.1 Å². The molecule has 1 N–H and O–H groups in total. The highest BCUT2D eigenvalue weighted by molar-refractivity contribution is 5.98. The maximum atomic E-state index is 12.2. The molecule has 2 aromatic rings. The van der Waals surface area contributed by atoms with E-state index >= 15 is 0 Å². The van der Waals surface area contributed by atoms with Crippen LogP contribution in [0.3, 0.4) is 0 Å². The first kappa shape index (κ1) is 15.8. The van der Waals surface area contributed by atoms with Crippen molar-refractivity contribution in [3.8, 4) is 11.1 Å². The maximum absolute atomic E-state index is 12.2. The topological polar surface area (TPSA) is 55.4 Å². The summed E-state index contributed by atoms with van der Waals surface area (Å²) in [7, 11) is 1.30. The Bertz CT molecular complexity index is 660. The first-order chi connectivity index (χ1) is 10.4. The second kappa shape index (κ2) is 6.43. The van der Waals surface area contributed by atoms with Gasteiger partial charge in [-0.25, -0.2) is 4.79 Å². The first-order valence-corrected chi connectivity index (χ1v) is 7.00. The van der Waals surface area contributed by atoms with E-state index in [4.69, 9.17) is 0 Å². The minimum atomic E-state index is -1.07. The number of nitrogens with one attached hydrogen (secondary N) is 1. The largest absolute Gasteiger partial charge is 0.467 e. The molecular formula is C18H19NO3. The lowest BCUT2D eigenvalue weighted by Gasteiger charge is -2.23. The van der Waals surface area contributed by atoms with Crippen LogP contribution in [0.1, 0.15) is 24.2 Å². The Labute approximate surface area is 130 Å². The van der Waals surface area contributed by atoms with Gasteiger partial charge in [-0.05, 0) is 37.1 Å². The zero-order valence-corrected chi connectivity index (χ0v) is 12.9. The van der Waals surface area contributed by atoms with Gasteiger partial charge in [0.05, 0.1) is 7.11 Å². The molecule has 4 heteroatoms. The third-order valence-electron chi connectivity index (χ3n) is 3.38. The Morgan fingerprint density at radius 1 is 0.909 bits per heavy atom. The molecule has 0 aliphatic rings. The molecule has 0 heterocycles. The van der Waals surface area contributed by atoms with Gasteiger partial charge in [0.25, 0.3) is 5.91 Å². The second-order valence-electron chi connectivity index (χ2n) is 5.51. The van der Waals surface area contributed by atoms with Gasteiger partial charge in [-0.2, -0.15) is 0 Å². The SMILES string of the molecule is COC(=O)C(C)(C)NC(=O)c1ccc(-c2ccccc2)cc1. The molecular weight excluding hydrogens is 278 g/mol. The predicted octanol–water partition coefficient (Wildman–Crippen LogP) is 3.04. The first-order valence-electron chi connectivity index (χ1n) is 7.00. The average Bonchev–Trinajstić information content (AvgIpc) is 2.54. The molecule has 0 aliphatic carbocycles. The summed E-state index contributed by atoms with van der Waals surface area (Å²) in [4.78, 5) is 23.8. The summed E-state index contributed by atoms with van der Waals surface area (Å²) in [5.74, 6) is -0.795. The highest BCUT2D eigenvalue weighted by atomic mass is 16.5. The number of ether oxygens (including phenoxy) is 1. The van der Waals surface area contributed by atoms with Crippen LogP contribution >= 0.6 is 0 Å². The highest BCUT2D eigenvalue weighted by Crippen LogP contribution is 2.19. The Kier molecular flexibility index (Phi) is 4.61. The molecule has 0 aliphatic heterocycles. The molecule has 0 atom stereocenters. The van der Waals surface area contributed by atoms with Crippen LogP contribution in [0.5, 0.6) is 0 Å². The highest BCUT2D eigenvalue weighted by Gasteiger charge is 2.30. The summed E-state index contributed by atoms with van der Waals surface area (Å²) in [6.07, 6.45) is 0. The van der Waals surface area contributed by atoms with Crippen LogP contribution in [-0.4, -0.2) is 24.5 Å². The smallest absolute Gasteiger partial charge is 0.330 e. The lowest BCUT2D eigenvalue weighted by atomic mass is 10.0. The lowest BCUT2D eigenvalue weighted by Crippen LogP contribution is -2.50. The van der Waals surface area contributed by atoms with E-state index in [2.05, 4.69) is 10.1 Å². The molecule has 0 aromatic heterocycles. The molecule has 0 radical (unpaired) electrons. The van der Waals surface area contributed by atoms with E-state index in [1.807, 2.05) is 42.5 Å². The Hall–Kier alpha value is -2.62. The number of esters is 1. The fraction of sp³-hybridized carbons (Fsp3) is 0.222. The van der Waals surface area contributed by atoms with Crippen molar-refractivity contribution >= 4 is 11.9 Å². The van der Waals surface area contributed by atoms with Crippen molar-refractivity contribution < 1.29 is 14.3 Å². The summed E-state index contributed by atoms with van der Waals surface area (Å²) >= 11 is 0. The van der Waals surface area contributed by atoms with Gasteiger partial charge in [-0.3, -0.25) is 4.79 Å². The number of carbonyl (C=O) groups is 2. The molecule has 114 valence electrons. The number of methoxy groups -OCH3 is 1. The van der Waals surface area contributed by atoms with E-state index in [0.29, 0.717) is 5.56 Å². The van der Waals surface area contributed by atoms with Crippen LogP contribution in [0.2, 0.25) is 0 Å². The standard InChI is InChI=1S/C18H19NO3/c1-18(2,17(21)22-3)19-16(20)15-11-9-14(10-12-15)13-7-5-4-6-8-13/h4-12H,1-3H3,(H,19,20). The van der Waals surface area contributed by atoms with Crippen molar-refractivity contribution in [2.75, 3.05) is 7.11 Å². The van der Waals surface area contributed by atoms with Gasteiger partial charge in [0.2, 0.25) is 0 Å². The van der Waals surface area contributed by atoms with E-state index < -0.39 is 11.5 Å². The number of benzene rings is 2. The van der Waals surface area contributed by atoms with E-state index in [-0.39, 0.29) is 5.91 Å². The van der Waals surface area contributed by atoms with Gasteiger partial charge in [0, 0.05) is 5.56 Å². The zero-order valence-electron chi connectivity index (χ0n) is 12.9. The molecule has 0 spiro atoms. The van der Waals surface area contributed by atoms with Crippen LogP contribution in [0.4, 0.5) is 0 Å². The molecule has 0 unspecified atom stereocenters. The number of hydrogen-bond acceptors (Lipinski definition) is 3. The van der Waals surface area contributed by atoms with Gasteiger partial charge in [-0.15, -0.1) is 0 Å². The maximum Gasteiger partial charge on any atom is 0.330 e. The Balaban J connectivity index is 2.14. The minimum absolute atomic E-state index is 0.310. The van der Waals surface area contributed by atoms with Gasteiger partial charge >= 0.3 is 5.97 Å². The summed E-state index contributed by atoms with van der Waals surface area (Å²) in [5, 5.41) is 2.67. The van der Waals surface area contributed by atoms with Crippen LogP contribution in [0.15, 0.2) is 54.6 Å². The normalized spacial score (nSPS) is 10.9. The monoisotopic (exact) mass is 297 g/mol. The minimum Gasteiger partial charge on any atom is -0.467 e. The number of hydrogen-bond donors (Lipinski definition) is 1. The molecule has 4 nitrogen and oxygen atoms in total. The number of amides is 1. The van der Waals surface area contributed by atoms with Crippen molar-refractivity contribution in [1.82, 2.24) is 5.32 Å². The average molecular weight is 297 g/mol. The predicted molar refractivity (Wildman–Crippen MR) is 85.4 cm³/mol. The van der Waals surface area contributed by atoms with E-state index in [9.17, 15) is 9.59 Å². The van der Waals surface area contributed by atoms with Crippen LogP contribution in [0.25, 0.3) is 11.1 Å². The van der Waals surface area contributed by atoms with Crippen LogP contribution < -0.4 is 5.32 Å². The molecule has 1 amide bonds. The molecule has 22 heavy (non-hydrogen) atoms. The summed E-state index contributed by atoms with van der Waals surface area (Å²) < 4.78 is 4.68. The van der Waals surface area contributed by atoms with Gasteiger partial charge in [0.1, 0.15) is 5.54 Å². The fourth-order valence-corrected chi connectivity index (χ4v) is 2.11. The molecule has 0 fully saturated rings. The molecule has 2 rings (SSSR count). The lowest BCUT2D eigenvalue weighted by molar-refractivity contribution is -0.146. The third-order valence-corrected chi connectivity index (χ3v) is 3.38. The fourth-order valence-electron chi connectivity index (χ4n) is 2.11. The number of rotatable bonds is 4. The van der Waals surface area contributed by atoms with Crippen LogP contribution in [-0.2, 0) is 9.53 Å². The van der Waals surface area contributed by atoms with Crippen molar-refractivity contribution in [3.63, 3.8) is 0 Å². The van der Waals surface area contributed by atoms with E-state index in [1.54, 1.807) is 26.0 Å². The van der Waals surface area contributed by atoms with Crippen molar-refractivity contribution in [2.45, 2.75) is 19.4 Å². The molecule has 0 bridgehead atoms. The second-order valence-corrected chi connectivity index (χ2v) is 5.51. The zero-order chi connectivity index (χ0) is 16.2.